The highest BCUT2D eigenvalue weighted by Crippen LogP contribution is 2.41. The van der Waals surface area contributed by atoms with Gasteiger partial charge in [-0.3, -0.25) is 4.79 Å². The van der Waals surface area contributed by atoms with Gasteiger partial charge < -0.3 is 9.64 Å². The van der Waals surface area contributed by atoms with Gasteiger partial charge in [-0.1, -0.05) is 43.8 Å². The minimum atomic E-state index is -3.10. The predicted molar refractivity (Wildman–Crippen MR) is 121 cm³/mol. The van der Waals surface area contributed by atoms with E-state index in [0.29, 0.717) is 17.3 Å². The van der Waals surface area contributed by atoms with Crippen molar-refractivity contribution in [2.45, 2.75) is 31.6 Å². The summed E-state index contributed by atoms with van der Waals surface area (Å²) in [5, 5.41) is 0.473. The van der Waals surface area contributed by atoms with Crippen LogP contribution in [0.3, 0.4) is 0 Å². The first kappa shape index (κ1) is 20.9. The number of carbonyl (C=O) groups excluding carboxylic acids is 1. The van der Waals surface area contributed by atoms with E-state index in [1.807, 2.05) is 73.3 Å². The molecule has 2 aliphatic rings. The number of amides is 1. The Morgan fingerprint density at radius 1 is 1.13 bits per heavy atom. The van der Waals surface area contributed by atoms with Gasteiger partial charge >= 0.3 is 0 Å². The molecule has 2 saturated heterocycles. The highest BCUT2D eigenvalue weighted by molar-refractivity contribution is 8.16. The second-order valence-corrected chi connectivity index (χ2v) is 11.0. The van der Waals surface area contributed by atoms with Gasteiger partial charge in [-0.25, -0.2) is 8.42 Å². The van der Waals surface area contributed by atoms with E-state index in [0.717, 1.165) is 11.4 Å². The van der Waals surface area contributed by atoms with Crippen LogP contribution in [0.25, 0.3) is 0 Å². The van der Waals surface area contributed by atoms with Crippen molar-refractivity contribution in [2.24, 2.45) is 10.9 Å². The number of amidine groups is 1. The van der Waals surface area contributed by atoms with Crippen LogP contribution in [0.15, 0.2) is 59.6 Å². The van der Waals surface area contributed by atoms with E-state index in [4.69, 9.17) is 4.74 Å². The number of fused-ring (bicyclic) bond motifs is 1. The molecule has 3 atom stereocenters. The molecule has 0 spiro atoms. The fourth-order valence-corrected chi connectivity index (χ4v) is 7.46. The van der Waals surface area contributed by atoms with E-state index < -0.39 is 9.84 Å². The van der Waals surface area contributed by atoms with Crippen molar-refractivity contribution in [3.63, 3.8) is 0 Å². The Morgan fingerprint density at radius 2 is 1.80 bits per heavy atom. The third kappa shape index (κ3) is 4.39. The van der Waals surface area contributed by atoms with E-state index in [9.17, 15) is 13.2 Å². The van der Waals surface area contributed by atoms with Crippen molar-refractivity contribution in [1.29, 1.82) is 0 Å². The summed E-state index contributed by atoms with van der Waals surface area (Å²) in [6, 6.07) is 16.7. The first-order valence-corrected chi connectivity index (χ1v) is 12.7. The third-order valence-electron chi connectivity index (χ3n) is 5.40. The Morgan fingerprint density at radius 3 is 2.47 bits per heavy atom. The summed E-state index contributed by atoms with van der Waals surface area (Å²) in [5.74, 6) is 1.28. The topological polar surface area (TPSA) is 76.0 Å². The normalized spacial score (nSPS) is 24.6. The van der Waals surface area contributed by atoms with Gasteiger partial charge in [0.05, 0.1) is 17.5 Å². The molecular formula is C22H24N2O4S2. The van der Waals surface area contributed by atoms with Gasteiger partial charge in [-0.05, 0) is 42.8 Å². The summed E-state index contributed by atoms with van der Waals surface area (Å²) in [6.07, 6.45) is 0.715. The molecule has 30 heavy (non-hydrogen) atoms. The number of anilines is 1. The maximum atomic E-state index is 12.4. The number of hydrogen-bond acceptors (Lipinski definition) is 5. The summed E-state index contributed by atoms with van der Waals surface area (Å²) in [4.78, 5) is 18.7. The van der Waals surface area contributed by atoms with Crippen LogP contribution in [-0.4, -0.2) is 42.3 Å². The molecule has 6 nitrogen and oxygen atoms in total. The molecule has 158 valence electrons. The first-order chi connectivity index (χ1) is 14.4. The maximum Gasteiger partial charge on any atom is 0.250 e. The molecule has 1 amide bonds. The molecule has 8 heteroatoms. The number of carbonyl (C=O) groups is 1. The average molecular weight is 445 g/mol. The molecule has 0 saturated carbocycles. The number of nitrogens with zero attached hydrogens (tertiary/aromatic N) is 2. The van der Waals surface area contributed by atoms with Crippen LogP contribution in [0.5, 0.6) is 11.5 Å². The zero-order chi connectivity index (χ0) is 21.3. The second-order valence-electron chi connectivity index (χ2n) is 7.62. The minimum Gasteiger partial charge on any atom is -0.457 e. The number of thioether (sulfide) groups is 1. The summed E-state index contributed by atoms with van der Waals surface area (Å²) < 4.78 is 30.2. The monoisotopic (exact) mass is 444 g/mol. The Kier molecular flexibility index (Phi) is 5.88. The van der Waals surface area contributed by atoms with Crippen LogP contribution >= 0.6 is 11.8 Å². The lowest BCUT2D eigenvalue weighted by Gasteiger charge is -2.25. The van der Waals surface area contributed by atoms with Gasteiger partial charge in [0.25, 0.3) is 5.91 Å². The molecule has 0 unspecified atom stereocenters. The van der Waals surface area contributed by atoms with E-state index in [-0.39, 0.29) is 34.6 Å². The number of aliphatic imine (C=N–C) groups is 1. The number of sulfone groups is 1. The fourth-order valence-electron chi connectivity index (χ4n) is 3.54. The van der Waals surface area contributed by atoms with Gasteiger partial charge in [-0.15, -0.1) is 0 Å². The van der Waals surface area contributed by atoms with E-state index in [1.165, 1.54) is 11.8 Å². The fraction of sp³-hybridized carbons (Fsp3) is 0.364. The molecule has 0 aliphatic carbocycles. The molecule has 2 aromatic carbocycles. The number of benzene rings is 2. The third-order valence-corrected chi connectivity index (χ3v) is 8.61. The van der Waals surface area contributed by atoms with E-state index >= 15 is 0 Å². The SMILES string of the molecule is CC[C@@H](C)C(=O)N=C1S[C@H]2CS(=O)(=O)C[C@@H]2N1c1ccc(Oc2ccccc2)cc1. The molecule has 4 rings (SSSR count). The van der Waals surface area contributed by atoms with E-state index in [2.05, 4.69) is 4.99 Å². The van der Waals surface area contributed by atoms with Gasteiger partial charge in [0.15, 0.2) is 15.0 Å². The predicted octanol–water partition coefficient (Wildman–Crippen LogP) is 4.13. The summed E-state index contributed by atoms with van der Waals surface area (Å²) in [6.45, 7) is 3.81. The second kappa shape index (κ2) is 8.43. The van der Waals surface area contributed by atoms with Gasteiger partial charge in [0, 0.05) is 16.9 Å². The van der Waals surface area contributed by atoms with Crippen LogP contribution in [-0.2, 0) is 14.6 Å². The van der Waals surface area contributed by atoms with Gasteiger partial charge in [0.1, 0.15) is 11.5 Å². The van der Waals surface area contributed by atoms with Crippen LogP contribution < -0.4 is 9.64 Å². The zero-order valence-electron chi connectivity index (χ0n) is 16.9. The Labute approximate surface area is 181 Å². The quantitative estimate of drug-likeness (QED) is 0.690. The molecule has 2 heterocycles. The molecule has 2 aromatic rings. The number of ether oxygens (including phenoxy) is 1. The van der Waals surface area contributed by atoms with Gasteiger partial charge in [0.2, 0.25) is 0 Å². The van der Waals surface area contributed by atoms with Crippen molar-refractivity contribution in [3.05, 3.63) is 54.6 Å². The largest absolute Gasteiger partial charge is 0.457 e. The van der Waals surface area contributed by atoms with Gasteiger partial charge in [-0.2, -0.15) is 4.99 Å². The lowest BCUT2D eigenvalue weighted by atomic mass is 10.1. The molecule has 0 aromatic heterocycles. The number of hydrogen-bond donors (Lipinski definition) is 0. The summed E-state index contributed by atoms with van der Waals surface area (Å²) in [5.41, 5.74) is 0.809. The highest BCUT2D eigenvalue weighted by Gasteiger charge is 2.49. The number of para-hydroxylation sites is 1. The van der Waals surface area contributed by atoms with Crippen LogP contribution in [0, 0.1) is 5.92 Å². The molecule has 0 radical (unpaired) electrons. The lowest BCUT2D eigenvalue weighted by molar-refractivity contribution is -0.121. The standard InChI is InChI=1S/C22H24N2O4S2/c1-3-15(2)21(25)23-22-24(19-13-30(26,27)14-20(19)29-22)16-9-11-18(12-10-16)28-17-7-5-4-6-8-17/h4-12,15,19-20H,3,13-14H2,1-2H3/t15-,19+,20+/m1/s1. The summed E-state index contributed by atoms with van der Waals surface area (Å²) >= 11 is 1.39. The van der Waals surface area contributed by atoms with Crippen molar-refractivity contribution in [2.75, 3.05) is 16.4 Å². The first-order valence-electron chi connectivity index (χ1n) is 9.98. The summed E-state index contributed by atoms with van der Waals surface area (Å²) in [7, 11) is -3.10. The molecule has 0 bridgehead atoms. The Balaban J connectivity index is 1.62. The average Bonchev–Trinajstić information content (AvgIpc) is 3.19. The maximum absolute atomic E-state index is 12.4. The molecule has 2 aliphatic heterocycles. The molecular weight excluding hydrogens is 420 g/mol. The van der Waals surface area contributed by atoms with Crippen molar-refractivity contribution < 1.29 is 17.9 Å². The Bertz CT molecular complexity index is 1050. The van der Waals surface area contributed by atoms with Crippen LogP contribution in [0.4, 0.5) is 5.69 Å². The molecule has 0 N–H and O–H groups in total. The highest BCUT2D eigenvalue weighted by atomic mass is 32.2. The minimum absolute atomic E-state index is 0.0729. The van der Waals surface area contributed by atoms with Crippen LogP contribution in [0.1, 0.15) is 20.3 Å². The Hall–Kier alpha value is -2.32. The number of rotatable bonds is 5. The smallest absolute Gasteiger partial charge is 0.250 e. The zero-order valence-corrected chi connectivity index (χ0v) is 18.5. The lowest BCUT2D eigenvalue weighted by Crippen LogP contribution is -2.37. The van der Waals surface area contributed by atoms with Crippen molar-refractivity contribution in [1.82, 2.24) is 0 Å². The van der Waals surface area contributed by atoms with E-state index in [1.54, 1.807) is 0 Å². The van der Waals surface area contributed by atoms with Crippen molar-refractivity contribution in [3.8, 4) is 11.5 Å². The van der Waals surface area contributed by atoms with Crippen LogP contribution in [0.2, 0.25) is 0 Å². The molecule has 2 fully saturated rings. The van der Waals surface area contributed by atoms with Crippen molar-refractivity contribution >= 4 is 38.4 Å².